The number of fused-ring (bicyclic) bond motifs is 1. The van der Waals surface area contributed by atoms with Gasteiger partial charge in [0.05, 0.1) is 6.54 Å². The van der Waals surface area contributed by atoms with E-state index >= 15 is 0 Å². The first-order valence-electron chi connectivity index (χ1n) is 5.55. The van der Waals surface area contributed by atoms with Gasteiger partial charge in [-0.1, -0.05) is 24.1 Å². The minimum Gasteiger partial charge on any atom is -0.480 e. The van der Waals surface area contributed by atoms with Gasteiger partial charge in [0, 0.05) is 5.39 Å². The maximum absolute atomic E-state index is 12.1. The van der Waals surface area contributed by atoms with E-state index in [1.165, 1.54) is 0 Å². The molecule has 1 N–H and O–H groups in total. The van der Waals surface area contributed by atoms with Gasteiger partial charge in [-0.3, -0.25) is 9.59 Å². The van der Waals surface area contributed by atoms with Crippen LogP contribution in [-0.4, -0.2) is 35.0 Å². The second kappa shape index (κ2) is 5.27. The van der Waals surface area contributed by atoms with Crippen LogP contribution in [0.2, 0.25) is 0 Å². The Bertz CT molecular complexity index is 632. The molecule has 0 aliphatic heterocycles. The smallest absolute Gasteiger partial charge is 0.323 e. The highest BCUT2D eigenvalue weighted by atomic mass is 16.4. The Labute approximate surface area is 109 Å². The number of carboxylic acids is 1. The van der Waals surface area contributed by atoms with Crippen molar-refractivity contribution in [3.05, 3.63) is 36.1 Å². The molecule has 1 aromatic heterocycles. The van der Waals surface area contributed by atoms with Crippen LogP contribution in [0.4, 0.5) is 0 Å². The number of hydrogen-bond donors (Lipinski definition) is 1. The third-order valence-electron chi connectivity index (χ3n) is 2.53. The molecule has 1 amide bonds. The molecular formula is C14H11NO4. The second-order valence-electron chi connectivity index (χ2n) is 3.91. The summed E-state index contributed by atoms with van der Waals surface area (Å²) in [5.41, 5.74) is 0.571. The summed E-state index contributed by atoms with van der Waals surface area (Å²) in [7, 11) is 0. The van der Waals surface area contributed by atoms with E-state index in [9.17, 15) is 9.59 Å². The quantitative estimate of drug-likeness (QED) is 0.844. The van der Waals surface area contributed by atoms with Gasteiger partial charge in [0.25, 0.3) is 5.91 Å². The second-order valence-corrected chi connectivity index (χ2v) is 3.91. The van der Waals surface area contributed by atoms with Gasteiger partial charge in [-0.05, 0) is 12.1 Å². The number of amides is 1. The number of para-hydroxylation sites is 1. The predicted octanol–water partition coefficient (Wildman–Crippen LogP) is 1.59. The first kappa shape index (κ1) is 12.7. The van der Waals surface area contributed by atoms with Crippen LogP contribution in [-0.2, 0) is 4.79 Å². The summed E-state index contributed by atoms with van der Waals surface area (Å²) in [4.78, 5) is 23.9. The van der Waals surface area contributed by atoms with E-state index < -0.39 is 18.4 Å². The Hall–Kier alpha value is -2.74. The number of aliphatic carboxylic acids is 1. The van der Waals surface area contributed by atoms with Crippen molar-refractivity contribution >= 4 is 22.8 Å². The lowest BCUT2D eigenvalue weighted by Crippen LogP contribution is -2.35. The number of benzene rings is 1. The summed E-state index contributed by atoms with van der Waals surface area (Å²) in [6, 6.07) is 8.72. The monoisotopic (exact) mass is 257 g/mol. The van der Waals surface area contributed by atoms with Crippen molar-refractivity contribution in [1.82, 2.24) is 4.90 Å². The van der Waals surface area contributed by atoms with Crippen LogP contribution in [0.25, 0.3) is 11.0 Å². The molecular weight excluding hydrogens is 246 g/mol. The Kier molecular flexibility index (Phi) is 3.53. The number of carbonyl (C=O) groups excluding carboxylic acids is 1. The topological polar surface area (TPSA) is 70.8 Å². The van der Waals surface area contributed by atoms with Crippen LogP contribution in [0.15, 0.2) is 34.7 Å². The van der Waals surface area contributed by atoms with Crippen LogP contribution in [0.3, 0.4) is 0 Å². The first-order chi connectivity index (χ1) is 9.11. The number of carboxylic acid groups (broad SMARTS) is 1. The number of terminal acetylenes is 1. The first-order valence-corrected chi connectivity index (χ1v) is 5.55. The van der Waals surface area contributed by atoms with Gasteiger partial charge < -0.3 is 14.4 Å². The van der Waals surface area contributed by atoms with Gasteiger partial charge in [0.2, 0.25) is 0 Å². The molecule has 0 aliphatic carbocycles. The lowest BCUT2D eigenvalue weighted by Gasteiger charge is -2.15. The maximum atomic E-state index is 12.1. The van der Waals surface area contributed by atoms with E-state index in [1.54, 1.807) is 24.3 Å². The van der Waals surface area contributed by atoms with Crippen molar-refractivity contribution in [2.45, 2.75) is 0 Å². The average molecular weight is 257 g/mol. The molecule has 0 saturated heterocycles. The summed E-state index contributed by atoms with van der Waals surface area (Å²) in [6.07, 6.45) is 5.13. The Morgan fingerprint density at radius 3 is 2.74 bits per heavy atom. The van der Waals surface area contributed by atoms with Crippen LogP contribution in [0, 0.1) is 12.3 Å². The molecule has 0 radical (unpaired) electrons. The van der Waals surface area contributed by atoms with E-state index in [0.29, 0.717) is 5.58 Å². The van der Waals surface area contributed by atoms with Crippen molar-refractivity contribution < 1.29 is 19.1 Å². The largest absolute Gasteiger partial charge is 0.480 e. The molecule has 0 fully saturated rings. The van der Waals surface area contributed by atoms with Gasteiger partial charge in [0.15, 0.2) is 5.76 Å². The normalized spacial score (nSPS) is 10.1. The predicted molar refractivity (Wildman–Crippen MR) is 68.6 cm³/mol. The highest BCUT2D eigenvalue weighted by Crippen LogP contribution is 2.19. The third kappa shape index (κ3) is 2.75. The summed E-state index contributed by atoms with van der Waals surface area (Å²) in [5, 5.41) is 9.53. The summed E-state index contributed by atoms with van der Waals surface area (Å²) >= 11 is 0. The van der Waals surface area contributed by atoms with Crippen molar-refractivity contribution in [3.8, 4) is 12.3 Å². The fourth-order valence-electron chi connectivity index (χ4n) is 1.72. The molecule has 19 heavy (non-hydrogen) atoms. The lowest BCUT2D eigenvalue weighted by molar-refractivity contribution is -0.137. The fourth-order valence-corrected chi connectivity index (χ4v) is 1.72. The number of hydrogen-bond acceptors (Lipinski definition) is 3. The van der Waals surface area contributed by atoms with Crippen molar-refractivity contribution in [3.63, 3.8) is 0 Å². The van der Waals surface area contributed by atoms with E-state index in [1.807, 2.05) is 6.07 Å². The van der Waals surface area contributed by atoms with Crippen molar-refractivity contribution in [1.29, 1.82) is 0 Å². The number of furan rings is 1. The summed E-state index contributed by atoms with van der Waals surface area (Å²) in [6.45, 7) is -0.539. The number of rotatable bonds is 4. The zero-order valence-corrected chi connectivity index (χ0v) is 10.00. The van der Waals surface area contributed by atoms with E-state index in [4.69, 9.17) is 15.9 Å². The van der Waals surface area contributed by atoms with Gasteiger partial charge in [-0.15, -0.1) is 6.42 Å². The van der Waals surface area contributed by atoms with Gasteiger partial charge >= 0.3 is 5.97 Å². The Morgan fingerprint density at radius 1 is 1.37 bits per heavy atom. The van der Waals surface area contributed by atoms with E-state index in [-0.39, 0.29) is 12.3 Å². The van der Waals surface area contributed by atoms with Gasteiger partial charge in [0.1, 0.15) is 12.1 Å². The van der Waals surface area contributed by atoms with Crippen LogP contribution < -0.4 is 0 Å². The molecule has 1 aromatic carbocycles. The summed E-state index contributed by atoms with van der Waals surface area (Å²) < 4.78 is 5.39. The van der Waals surface area contributed by atoms with E-state index in [2.05, 4.69) is 5.92 Å². The highest BCUT2D eigenvalue weighted by Gasteiger charge is 2.21. The van der Waals surface area contributed by atoms with E-state index in [0.717, 1.165) is 10.3 Å². The summed E-state index contributed by atoms with van der Waals surface area (Å²) in [5.74, 6) is 0.683. The molecule has 0 unspecified atom stereocenters. The molecule has 1 heterocycles. The molecule has 5 nitrogen and oxygen atoms in total. The molecule has 0 aliphatic rings. The molecule has 0 atom stereocenters. The molecule has 2 aromatic rings. The minimum atomic E-state index is -1.13. The molecule has 96 valence electrons. The highest BCUT2D eigenvalue weighted by molar-refractivity contribution is 5.97. The molecule has 0 saturated carbocycles. The lowest BCUT2D eigenvalue weighted by atomic mass is 10.2. The standard InChI is InChI=1S/C14H11NO4/c1-2-7-15(9-13(16)17)14(18)12-8-10-5-3-4-6-11(10)19-12/h1,3-6,8H,7,9H2,(H,16,17). The minimum absolute atomic E-state index is 0.0812. The van der Waals surface area contributed by atoms with Crippen LogP contribution >= 0.6 is 0 Å². The third-order valence-corrected chi connectivity index (χ3v) is 2.53. The average Bonchev–Trinajstić information content (AvgIpc) is 2.80. The van der Waals surface area contributed by atoms with Crippen LogP contribution in [0.1, 0.15) is 10.6 Å². The van der Waals surface area contributed by atoms with Gasteiger partial charge in [-0.25, -0.2) is 0 Å². The zero-order chi connectivity index (χ0) is 13.8. The van der Waals surface area contributed by atoms with Crippen LogP contribution in [0.5, 0.6) is 0 Å². The molecule has 5 heteroatoms. The molecule has 0 bridgehead atoms. The maximum Gasteiger partial charge on any atom is 0.323 e. The number of carbonyl (C=O) groups is 2. The van der Waals surface area contributed by atoms with Gasteiger partial charge in [-0.2, -0.15) is 0 Å². The Balaban J connectivity index is 2.30. The molecule has 0 spiro atoms. The fraction of sp³-hybridized carbons (Fsp3) is 0.143. The Morgan fingerprint density at radius 2 is 2.11 bits per heavy atom. The van der Waals surface area contributed by atoms with Crippen molar-refractivity contribution in [2.75, 3.05) is 13.1 Å². The SMILES string of the molecule is C#CCN(CC(=O)O)C(=O)c1cc2ccccc2o1. The zero-order valence-electron chi connectivity index (χ0n) is 10.00. The van der Waals surface area contributed by atoms with Crippen molar-refractivity contribution in [2.24, 2.45) is 0 Å². The molecule has 2 rings (SSSR count). The number of nitrogens with zero attached hydrogens (tertiary/aromatic N) is 1.